The molecule has 5 nitrogen and oxygen atoms in total. The fourth-order valence-corrected chi connectivity index (χ4v) is 5.44. The van der Waals surface area contributed by atoms with Crippen molar-refractivity contribution in [3.8, 4) is 0 Å². The molecular formula is C14H24N2O3S2. The van der Waals surface area contributed by atoms with Crippen molar-refractivity contribution in [1.82, 2.24) is 5.32 Å². The van der Waals surface area contributed by atoms with Crippen LogP contribution in [0.3, 0.4) is 0 Å². The molecule has 0 bridgehead atoms. The maximum Gasteiger partial charge on any atom is 0.233 e. The summed E-state index contributed by atoms with van der Waals surface area (Å²) in [5.41, 5.74) is 5.08. The van der Waals surface area contributed by atoms with E-state index >= 15 is 0 Å². The Morgan fingerprint density at radius 1 is 1.19 bits per heavy atom. The highest BCUT2D eigenvalue weighted by Crippen LogP contribution is 2.36. The molecular weight excluding hydrogens is 308 g/mol. The van der Waals surface area contributed by atoms with Crippen molar-refractivity contribution >= 4 is 33.0 Å². The number of thiocarbonyl (C=S) groups is 1. The van der Waals surface area contributed by atoms with E-state index in [-0.39, 0.29) is 23.2 Å². The smallest absolute Gasteiger partial charge is 0.233 e. The molecule has 2 aliphatic rings. The molecule has 1 atom stereocenters. The Labute approximate surface area is 132 Å². The first-order valence-electron chi connectivity index (χ1n) is 7.68. The summed E-state index contributed by atoms with van der Waals surface area (Å²) < 4.78 is 23.6. The number of nitrogens with two attached hydrogens (primary N) is 1. The lowest BCUT2D eigenvalue weighted by molar-refractivity contribution is -0.128. The summed E-state index contributed by atoms with van der Waals surface area (Å²) in [4.78, 5) is 12.9. The second-order valence-corrected chi connectivity index (χ2v) is 9.04. The van der Waals surface area contributed by atoms with E-state index in [0.717, 1.165) is 25.7 Å². The van der Waals surface area contributed by atoms with Gasteiger partial charge in [-0.3, -0.25) is 4.79 Å². The van der Waals surface area contributed by atoms with E-state index in [1.165, 1.54) is 0 Å². The summed E-state index contributed by atoms with van der Waals surface area (Å²) in [6, 6.07) is 0. The maximum atomic E-state index is 12.6. The largest absolute Gasteiger partial charge is 0.392 e. The van der Waals surface area contributed by atoms with E-state index in [2.05, 4.69) is 5.32 Å². The second-order valence-electron chi connectivity index (χ2n) is 6.20. The highest BCUT2D eigenvalue weighted by Gasteiger charge is 2.42. The molecule has 120 valence electrons. The van der Waals surface area contributed by atoms with Gasteiger partial charge in [-0.1, -0.05) is 37.9 Å². The van der Waals surface area contributed by atoms with Gasteiger partial charge in [-0.2, -0.15) is 0 Å². The van der Waals surface area contributed by atoms with Crippen molar-refractivity contribution in [1.29, 1.82) is 0 Å². The summed E-state index contributed by atoms with van der Waals surface area (Å²) >= 11 is 5.16. The lowest BCUT2D eigenvalue weighted by Gasteiger charge is -2.30. The first-order valence-corrected chi connectivity index (χ1v) is 9.81. The predicted molar refractivity (Wildman–Crippen MR) is 86.7 cm³/mol. The highest BCUT2D eigenvalue weighted by molar-refractivity contribution is 7.92. The van der Waals surface area contributed by atoms with Gasteiger partial charge < -0.3 is 11.1 Å². The van der Waals surface area contributed by atoms with E-state index in [9.17, 15) is 13.2 Å². The van der Waals surface area contributed by atoms with E-state index in [4.69, 9.17) is 18.0 Å². The van der Waals surface area contributed by atoms with Crippen molar-refractivity contribution in [2.45, 2.75) is 56.6 Å². The molecule has 0 aromatic rings. The number of hydrogen-bond donors (Lipinski definition) is 2. The summed E-state index contributed by atoms with van der Waals surface area (Å²) in [5, 5.41) is 2.37. The molecule has 1 unspecified atom stereocenters. The molecule has 1 aliphatic carbocycles. The average molecular weight is 332 g/mol. The van der Waals surface area contributed by atoms with Crippen LogP contribution in [0, 0.1) is 5.41 Å². The molecule has 1 heterocycles. The van der Waals surface area contributed by atoms with Gasteiger partial charge in [0, 0.05) is 6.54 Å². The van der Waals surface area contributed by atoms with Crippen LogP contribution < -0.4 is 11.1 Å². The van der Waals surface area contributed by atoms with Crippen LogP contribution >= 0.6 is 12.2 Å². The Morgan fingerprint density at radius 3 is 2.29 bits per heavy atom. The standard InChI is InChI=1S/C14H24N2O3S2/c15-12(20)14(7-3-1-2-4-8-14)13(17)16-10-11-6-5-9-21(11,18)19/h11H,1-10H2,(H2,15,20)(H,16,17). The molecule has 1 saturated carbocycles. The summed E-state index contributed by atoms with van der Waals surface area (Å²) in [6.07, 6.45) is 6.71. The van der Waals surface area contributed by atoms with Gasteiger partial charge in [0.25, 0.3) is 0 Å². The van der Waals surface area contributed by atoms with Crippen molar-refractivity contribution in [3.63, 3.8) is 0 Å². The van der Waals surface area contributed by atoms with Crippen LogP contribution in [0.4, 0.5) is 0 Å². The zero-order valence-electron chi connectivity index (χ0n) is 12.3. The van der Waals surface area contributed by atoms with Crippen LogP contribution in [0.2, 0.25) is 0 Å². The minimum Gasteiger partial charge on any atom is -0.392 e. The van der Waals surface area contributed by atoms with Gasteiger partial charge in [0.15, 0.2) is 9.84 Å². The molecule has 0 spiro atoms. The van der Waals surface area contributed by atoms with Crippen LogP contribution in [0.25, 0.3) is 0 Å². The maximum absolute atomic E-state index is 12.6. The molecule has 2 rings (SSSR count). The van der Waals surface area contributed by atoms with Crippen molar-refractivity contribution in [2.75, 3.05) is 12.3 Å². The molecule has 1 amide bonds. The normalized spacial score (nSPS) is 27.7. The van der Waals surface area contributed by atoms with Gasteiger partial charge in [0.2, 0.25) is 5.91 Å². The van der Waals surface area contributed by atoms with E-state index in [0.29, 0.717) is 25.7 Å². The molecule has 1 aliphatic heterocycles. The molecule has 0 aromatic heterocycles. The van der Waals surface area contributed by atoms with E-state index in [1.54, 1.807) is 0 Å². The van der Waals surface area contributed by atoms with Crippen LogP contribution in [0.15, 0.2) is 0 Å². The Balaban J connectivity index is 2.04. The third-order valence-electron chi connectivity index (χ3n) is 4.82. The lowest BCUT2D eigenvalue weighted by Crippen LogP contribution is -2.50. The van der Waals surface area contributed by atoms with Gasteiger partial charge in [-0.25, -0.2) is 8.42 Å². The zero-order valence-corrected chi connectivity index (χ0v) is 13.9. The van der Waals surface area contributed by atoms with Gasteiger partial charge in [0.1, 0.15) is 0 Å². The Bertz CT molecular complexity index is 508. The minimum absolute atomic E-state index is 0.181. The predicted octanol–water partition coefficient (Wildman–Crippen LogP) is 1.31. The molecule has 1 saturated heterocycles. The quantitative estimate of drug-likeness (QED) is 0.598. The summed E-state index contributed by atoms with van der Waals surface area (Å²) in [5.74, 6) is 0.0487. The monoisotopic (exact) mass is 332 g/mol. The van der Waals surface area contributed by atoms with Crippen LogP contribution in [-0.4, -0.2) is 36.9 Å². The molecule has 3 N–H and O–H groups in total. The minimum atomic E-state index is -3.04. The van der Waals surface area contributed by atoms with Crippen molar-refractivity contribution < 1.29 is 13.2 Å². The van der Waals surface area contributed by atoms with Gasteiger partial charge in [0.05, 0.1) is 21.4 Å². The summed E-state index contributed by atoms with van der Waals surface area (Å²) in [6.45, 7) is 0.186. The number of rotatable bonds is 4. The SMILES string of the molecule is NC(=S)C1(C(=O)NCC2CCCS2(=O)=O)CCCCCC1. The van der Waals surface area contributed by atoms with Crippen LogP contribution in [0.5, 0.6) is 0 Å². The summed E-state index contributed by atoms with van der Waals surface area (Å²) in [7, 11) is -3.04. The number of nitrogens with one attached hydrogen (secondary N) is 1. The number of carbonyl (C=O) groups excluding carboxylic acids is 1. The molecule has 0 radical (unpaired) electrons. The third kappa shape index (κ3) is 3.56. The van der Waals surface area contributed by atoms with Crippen molar-refractivity contribution in [2.24, 2.45) is 11.1 Å². The number of amides is 1. The fraction of sp³-hybridized carbons (Fsp3) is 0.857. The topological polar surface area (TPSA) is 89.3 Å². The Kier molecular flexibility index (Phi) is 5.24. The van der Waals surface area contributed by atoms with Gasteiger partial charge >= 0.3 is 0 Å². The average Bonchev–Trinajstić information content (AvgIpc) is 2.65. The van der Waals surface area contributed by atoms with E-state index < -0.39 is 20.5 Å². The number of sulfone groups is 1. The molecule has 21 heavy (non-hydrogen) atoms. The third-order valence-corrected chi connectivity index (χ3v) is 7.48. The van der Waals surface area contributed by atoms with E-state index in [1.807, 2.05) is 0 Å². The van der Waals surface area contributed by atoms with Gasteiger partial charge in [-0.15, -0.1) is 0 Å². The highest BCUT2D eigenvalue weighted by atomic mass is 32.2. The lowest BCUT2D eigenvalue weighted by atomic mass is 9.79. The van der Waals surface area contributed by atoms with Crippen LogP contribution in [-0.2, 0) is 14.6 Å². The fourth-order valence-electron chi connectivity index (χ4n) is 3.38. The zero-order chi connectivity index (χ0) is 15.5. The Morgan fingerprint density at radius 2 is 1.81 bits per heavy atom. The van der Waals surface area contributed by atoms with Crippen LogP contribution in [0.1, 0.15) is 51.4 Å². The molecule has 0 aromatic carbocycles. The first-order chi connectivity index (χ1) is 9.88. The molecule has 2 fully saturated rings. The number of carbonyl (C=O) groups is 1. The van der Waals surface area contributed by atoms with Gasteiger partial charge in [-0.05, 0) is 25.7 Å². The number of hydrogen-bond acceptors (Lipinski definition) is 4. The van der Waals surface area contributed by atoms with Crippen molar-refractivity contribution in [3.05, 3.63) is 0 Å². The second kappa shape index (κ2) is 6.60. The molecule has 7 heteroatoms. The Hall–Kier alpha value is -0.690. The first kappa shape index (κ1) is 16.7.